The van der Waals surface area contributed by atoms with Crippen molar-refractivity contribution >= 4 is 28.8 Å². The van der Waals surface area contributed by atoms with E-state index in [9.17, 15) is 14.4 Å². The molecule has 0 aliphatic carbocycles. The van der Waals surface area contributed by atoms with Gasteiger partial charge in [-0.1, -0.05) is 6.07 Å². The second-order valence-electron chi connectivity index (χ2n) is 8.23. The first kappa shape index (κ1) is 19.8. The Morgan fingerprint density at radius 2 is 2.03 bits per heavy atom. The number of likely N-dealkylation sites (N-methyl/N-ethyl adjacent to an activating group) is 1. The zero-order valence-corrected chi connectivity index (χ0v) is 17.6. The second-order valence-corrected chi connectivity index (χ2v) is 9.26. The summed E-state index contributed by atoms with van der Waals surface area (Å²) in [5.41, 5.74) is 1.14. The van der Waals surface area contributed by atoms with E-state index >= 15 is 0 Å². The number of anilines is 1. The van der Waals surface area contributed by atoms with Gasteiger partial charge in [-0.15, -0.1) is 11.3 Å². The van der Waals surface area contributed by atoms with E-state index in [1.165, 1.54) is 0 Å². The zero-order chi connectivity index (χ0) is 20.5. The summed E-state index contributed by atoms with van der Waals surface area (Å²) in [5, 5.41) is 4.72. The normalized spacial score (nSPS) is 20.4. The molecule has 2 aromatic heterocycles. The van der Waals surface area contributed by atoms with Crippen molar-refractivity contribution in [2.24, 2.45) is 5.92 Å². The molecular weight excluding hydrogens is 388 g/mol. The molecule has 0 aromatic carbocycles. The van der Waals surface area contributed by atoms with E-state index in [0.717, 1.165) is 17.0 Å². The highest BCUT2D eigenvalue weighted by atomic mass is 32.1. The van der Waals surface area contributed by atoms with Crippen LogP contribution >= 0.6 is 11.3 Å². The van der Waals surface area contributed by atoms with Crippen molar-refractivity contribution in [1.29, 1.82) is 0 Å². The van der Waals surface area contributed by atoms with E-state index in [2.05, 4.69) is 5.32 Å². The van der Waals surface area contributed by atoms with Gasteiger partial charge in [-0.05, 0) is 50.0 Å². The first-order valence-electron chi connectivity index (χ1n) is 9.89. The van der Waals surface area contributed by atoms with Gasteiger partial charge in [0.1, 0.15) is 5.69 Å². The lowest BCUT2D eigenvalue weighted by molar-refractivity contribution is -0.133. The maximum atomic E-state index is 12.9. The molecule has 29 heavy (non-hydrogen) atoms. The summed E-state index contributed by atoms with van der Waals surface area (Å²) in [6, 6.07) is 7.60. The molecule has 1 fully saturated rings. The summed E-state index contributed by atoms with van der Waals surface area (Å²) >= 11 is 1.61. The molecule has 1 saturated heterocycles. The van der Waals surface area contributed by atoms with Crippen molar-refractivity contribution < 1.29 is 9.59 Å². The summed E-state index contributed by atoms with van der Waals surface area (Å²) < 4.78 is 1.80. The van der Waals surface area contributed by atoms with Crippen molar-refractivity contribution in [3.8, 4) is 0 Å². The number of nitrogens with one attached hydrogen (secondary N) is 1. The number of nitrogens with zero attached hydrogens (tertiary/aromatic N) is 3. The van der Waals surface area contributed by atoms with E-state index < -0.39 is 0 Å². The van der Waals surface area contributed by atoms with Gasteiger partial charge in [-0.3, -0.25) is 14.4 Å². The molecule has 154 valence electrons. The molecule has 4 rings (SSSR count). The fourth-order valence-corrected chi connectivity index (χ4v) is 5.09. The van der Waals surface area contributed by atoms with Gasteiger partial charge in [0.25, 0.3) is 5.56 Å². The van der Waals surface area contributed by atoms with Crippen molar-refractivity contribution in [3.63, 3.8) is 0 Å². The Balaban J connectivity index is 1.51. The quantitative estimate of drug-likeness (QED) is 0.807. The minimum Gasteiger partial charge on any atom is -0.341 e. The Bertz CT molecular complexity index is 967. The number of piperidine rings is 1. The molecule has 2 amide bonds. The van der Waals surface area contributed by atoms with Crippen LogP contribution in [0, 0.1) is 5.92 Å². The molecule has 0 spiro atoms. The van der Waals surface area contributed by atoms with Gasteiger partial charge in [-0.25, -0.2) is 0 Å². The number of likely N-dealkylation sites (tertiary alicyclic amines) is 1. The number of fused-ring (bicyclic) bond motifs is 4. The van der Waals surface area contributed by atoms with Crippen molar-refractivity contribution in [2.75, 3.05) is 39.0 Å². The van der Waals surface area contributed by atoms with Gasteiger partial charge in [0.2, 0.25) is 11.8 Å². The molecule has 2 aliphatic rings. The SMILES string of the molecule is CN(C)CC(=O)Nc1ccc2n(c1=O)C[C@H]1C[C@@H]2CN(C(=O)Cc2cccs2)C1. The van der Waals surface area contributed by atoms with Gasteiger partial charge in [0.05, 0.1) is 13.0 Å². The van der Waals surface area contributed by atoms with Gasteiger partial charge in [-0.2, -0.15) is 0 Å². The summed E-state index contributed by atoms with van der Waals surface area (Å²) in [4.78, 5) is 42.5. The van der Waals surface area contributed by atoms with Crippen molar-refractivity contribution in [3.05, 3.63) is 50.6 Å². The number of aromatic nitrogens is 1. The highest BCUT2D eigenvalue weighted by molar-refractivity contribution is 7.10. The van der Waals surface area contributed by atoms with Crippen LogP contribution in [0.5, 0.6) is 0 Å². The fraction of sp³-hybridized carbons (Fsp3) is 0.476. The third-order valence-electron chi connectivity index (χ3n) is 5.60. The van der Waals surface area contributed by atoms with Crippen LogP contribution in [0.2, 0.25) is 0 Å². The van der Waals surface area contributed by atoms with Crippen LogP contribution in [0.1, 0.15) is 22.9 Å². The molecule has 2 aliphatic heterocycles. The third-order valence-corrected chi connectivity index (χ3v) is 6.47. The molecular formula is C21H26N4O3S. The molecule has 2 bridgehead atoms. The average Bonchev–Trinajstić information content (AvgIpc) is 3.16. The number of amides is 2. The number of hydrogen-bond donors (Lipinski definition) is 1. The number of carbonyl (C=O) groups is 2. The Labute approximate surface area is 173 Å². The number of thiophene rings is 1. The van der Waals surface area contributed by atoms with E-state index in [1.54, 1.807) is 26.9 Å². The van der Waals surface area contributed by atoms with Crippen LogP contribution in [-0.4, -0.2) is 59.9 Å². The van der Waals surface area contributed by atoms with Crippen LogP contribution in [0.3, 0.4) is 0 Å². The second kappa shape index (κ2) is 8.12. The number of rotatable bonds is 5. The monoisotopic (exact) mass is 414 g/mol. The lowest BCUT2D eigenvalue weighted by Crippen LogP contribution is -2.49. The van der Waals surface area contributed by atoms with E-state index in [4.69, 9.17) is 0 Å². The standard InChI is InChI=1S/C21H26N4O3S/c1-23(2)13-19(26)22-17-5-6-18-15-8-14(11-25(18)21(17)28)10-24(12-15)20(27)9-16-4-3-7-29-16/h3-7,14-15H,8-13H2,1-2H3,(H,22,26)/t14-,15+/m0/s1. The largest absolute Gasteiger partial charge is 0.341 e. The molecule has 0 saturated carbocycles. The number of pyridine rings is 1. The van der Waals surface area contributed by atoms with E-state index in [-0.39, 0.29) is 35.8 Å². The smallest absolute Gasteiger partial charge is 0.274 e. The predicted molar refractivity (Wildman–Crippen MR) is 113 cm³/mol. The van der Waals surface area contributed by atoms with E-state index in [1.807, 2.05) is 42.6 Å². The summed E-state index contributed by atoms with van der Waals surface area (Å²) in [6.45, 7) is 2.15. The molecule has 8 heteroatoms. The Hall–Kier alpha value is -2.45. The Morgan fingerprint density at radius 1 is 1.21 bits per heavy atom. The summed E-state index contributed by atoms with van der Waals surface area (Å²) in [6.07, 6.45) is 1.44. The first-order valence-corrected chi connectivity index (χ1v) is 10.8. The molecule has 0 radical (unpaired) electrons. The molecule has 0 unspecified atom stereocenters. The molecule has 4 heterocycles. The van der Waals surface area contributed by atoms with Gasteiger partial charge in [0, 0.05) is 36.1 Å². The lowest BCUT2D eigenvalue weighted by Gasteiger charge is -2.43. The average molecular weight is 415 g/mol. The maximum Gasteiger partial charge on any atom is 0.274 e. The molecule has 2 aromatic rings. The summed E-state index contributed by atoms with van der Waals surface area (Å²) in [7, 11) is 3.62. The summed E-state index contributed by atoms with van der Waals surface area (Å²) in [5.74, 6) is 0.382. The highest BCUT2D eigenvalue weighted by Gasteiger charge is 2.36. The van der Waals surface area contributed by atoms with Crippen LogP contribution in [0.15, 0.2) is 34.4 Å². The topological polar surface area (TPSA) is 74.7 Å². The maximum absolute atomic E-state index is 12.9. The van der Waals surface area contributed by atoms with Gasteiger partial charge >= 0.3 is 0 Å². The Morgan fingerprint density at radius 3 is 2.76 bits per heavy atom. The third kappa shape index (κ3) is 4.28. The first-order chi connectivity index (χ1) is 13.9. The Kier molecular flexibility index (Phi) is 5.56. The van der Waals surface area contributed by atoms with Gasteiger partial charge in [0.15, 0.2) is 0 Å². The van der Waals surface area contributed by atoms with Crippen molar-refractivity contribution in [2.45, 2.75) is 25.3 Å². The molecule has 7 nitrogen and oxygen atoms in total. The van der Waals surface area contributed by atoms with Crippen LogP contribution in [0.4, 0.5) is 5.69 Å². The lowest BCUT2D eigenvalue weighted by atomic mass is 9.83. The minimum absolute atomic E-state index is 0.150. The van der Waals surface area contributed by atoms with Crippen LogP contribution in [0.25, 0.3) is 0 Å². The number of hydrogen-bond acceptors (Lipinski definition) is 5. The molecule has 2 atom stereocenters. The predicted octanol–water partition coefficient (Wildman–Crippen LogP) is 1.60. The number of carbonyl (C=O) groups excluding carboxylic acids is 2. The fourth-order valence-electron chi connectivity index (χ4n) is 4.40. The zero-order valence-electron chi connectivity index (χ0n) is 16.8. The van der Waals surface area contributed by atoms with Crippen LogP contribution in [-0.2, 0) is 22.6 Å². The van der Waals surface area contributed by atoms with E-state index in [0.29, 0.717) is 31.7 Å². The van der Waals surface area contributed by atoms with Crippen molar-refractivity contribution in [1.82, 2.24) is 14.4 Å². The molecule has 1 N–H and O–H groups in total. The minimum atomic E-state index is -0.200. The highest BCUT2D eigenvalue weighted by Crippen LogP contribution is 2.35. The van der Waals surface area contributed by atoms with Gasteiger partial charge < -0.3 is 19.7 Å². The van der Waals surface area contributed by atoms with Crippen LogP contribution < -0.4 is 10.9 Å².